The van der Waals surface area contributed by atoms with Gasteiger partial charge in [-0.25, -0.2) is 9.97 Å². The minimum Gasteiger partial charge on any atom is -0.390 e. The van der Waals surface area contributed by atoms with Crippen LogP contribution in [0.15, 0.2) is 6.20 Å². The van der Waals surface area contributed by atoms with Crippen molar-refractivity contribution in [2.24, 2.45) is 0 Å². The molecule has 1 aromatic heterocycles. The third-order valence-corrected chi connectivity index (χ3v) is 2.62. The number of alkyl halides is 3. The van der Waals surface area contributed by atoms with Gasteiger partial charge in [0.15, 0.2) is 0 Å². The first-order valence-corrected chi connectivity index (χ1v) is 6.06. The molecule has 0 saturated carbocycles. The van der Waals surface area contributed by atoms with Crippen molar-refractivity contribution in [3.05, 3.63) is 17.7 Å². The zero-order valence-corrected chi connectivity index (χ0v) is 11.2. The van der Waals surface area contributed by atoms with Crippen molar-refractivity contribution in [2.45, 2.75) is 39.5 Å². The number of nitrogens with zero attached hydrogens (tertiary/aromatic N) is 3. The summed E-state index contributed by atoms with van der Waals surface area (Å²) in [5.41, 5.74) is 0.455. The standard InChI is InChI=1S/C12H18F3N3O/c1-4-18(7-12(13,14)15)10-5-16-11(8(2)3)17-9(10)6-19/h5,8,19H,4,6-7H2,1-3H3. The zero-order chi connectivity index (χ0) is 14.6. The first-order chi connectivity index (χ1) is 8.78. The first kappa shape index (κ1) is 15.7. The summed E-state index contributed by atoms with van der Waals surface area (Å²) in [5.74, 6) is 0.563. The van der Waals surface area contributed by atoms with Gasteiger partial charge in [0.1, 0.15) is 12.4 Å². The van der Waals surface area contributed by atoms with Crippen molar-refractivity contribution < 1.29 is 18.3 Å². The lowest BCUT2D eigenvalue weighted by Crippen LogP contribution is -2.35. The highest BCUT2D eigenvalue weighted by atomic mass is 19.4. The fourth-order valence-electron chi connectivity index (χ4n) is 1.67. The van der Waals surface area contributed by atoms with Gasteiger partial charge in [0, 0.05) is 12.5 Å². The summed E-state index contributed by atoms with van der Waals surface area (Å²) in [4.78, 5) is 9.28. The largest absolute Gasteiger partial charge is 0.405 e. The Bertz CT molecular complexity index is 421. The molecular formula is C12H18F3N3O. The molecule has 1 heterocycles. The number of anilines is 1. The number of aliphatic hydroxyl groups excluding tert-OH is 1. The van der Waals surface area contributed by atoms with Crippen LogP contribution in [0.4, 0.5) is 18.9 Å². The number of rotatable bonds is 5. The highest BCUT2D eigenvalue weighted by molar-refractivity contribution is 5.49. The average Bonchev–Trinajstić information content (AvgIpc) is 2.34. The molecule has 1 rings (SSSR count). The lowest BCUT2D eigenvalue weighted by Gasteiger charge is -2.25. The summed E-state index contributed by atoms with van der Waals surface area (Å²) >= 11 is 0. The molecule has 0 bridgehead atoms. The summed E-state index contributed by atoms with van der Waals surface area (Å²) in [7, 11) is 0. The van der Waals surface area contributed by atoms with E-state index in [9.17, 15) is 18.3 Å². The van der Waals surface area contributed by atoms with E-state index in [-0.39, 0.29) is 23.8 Å². The van der Waals surface area contributed by atoms with Gasteiger partial charge < -0.3 is 10.0 Å². The van der Waals surface area contributed by atoms with Crippen LogP contribution in [0.25, 0.3) is 0 Å². The van der Waals surface area contributed by atoms with E-state index in [0.717, 1.165) is 4.90 Å². The maximum atomic E-state index is 12.5. The molecule has 4 nitrogen and oxygen atoms in total. The molecule has 1 N–H and O–H groups in total. The fraction of sp³-hybridized carbons (Fsp3) is 0.667. The Labute approximate surface area is 110 Å². The molecule has 0 aliphatic rings. The third-order valence-electron chi connectivity index (χ3n) is 2.62. The van der Waals surface area contributed by atoms with Crippen LogP contribution >= 0.6 is 0 Å². The van der Waals surface area contributed by atoms with E-state index in [2.05, 4.69) is 9.97 Å². The molecule has 0 aliphatic carbocycles. The Kier molecular flexibility index (Phi) is 5.11. The van der Waals surface area contributed by atoms with Crippen molar-refractivity contribution >= 4 is 5.69 Å². The number of hydrogen-bond donors (Lipinski definition) is 1. The lowest BCUT2D eigenvalue weighted by molar-refractivity contribution is -0.119. The monoisotopic (exact) mass is 277 g/mol. The Balaban J connectivity index is 3.10. The predicted octanol–water partition coefficient (Wildman–Crippen LogP) is 2.48. The number of aliphatic hydroxyl groups is 1. The van der Waals surface area contributed by atoms with Gasteiger partial charge in [-0.2, -0.15) is 13.2 Å². The molecule has 0 radical (unpaired) electrons. The SMILES string of the molecule is CCN(CC(F)(F)F)c1cnc(C(C)C)nc1CO. The Morgan fingerprint density at radius 1 is 1.37 bits per heavy atom. The van der Waals surface area contributed by atoms with Gasteiger partial charge in [-0.3, -0.25) is 0 Å². The minimum absolute atomic E-state index is 0.0528. The number of halogens is 3. The molecule has 0 amide bonds. The molecule has 0 saturated heterocycles. The minimum atomic E-state index is -4.31. The number of hydrogen-bond acceptors (Lipinski definition) is 4. The number of aromatic nitrogens is 2. The van der Waals surface area contributed by atoms with Crippen LogP contribution in [0.5, 0.6) is 0 Å². The average molecular weight is 277 g/mol. The predicted molar refractivity (Wildman–Crippen MR) is 66.0 cm³/mol. The van der Waals surface area contributed by atoms with Crippen molar-refractivity contribution in [3.63, 3.8) is 0 Å². The second-order valence-electron chi connectivity index (χ2n) is 4.50. The van der Waals surface area contributed by atoms with E-state index in [1.165, 1.54) is 6.20 Å². The summed E-state index contributed by atoms with van der Waals surface area (Å²) in [6.45, 7) is 4.04. The van der Waals surface area contributed by atoms with Crippen LogP contribution in [0.1, 0.15) is 38.2 Å². The molecule has 108 valence electrons. The topological polar surface area (TPSA) is 49.2 Å². The van der Waals surface area contributed by atoms with Crippen LogP contribution in [-0.4, -0.2) is 34.3 Å². The molecule has 0 spiro atoms. The maximum absolute atomic E-state index is 12.5. The van der Waals surface area contributed by atoms with Gasteiger partial charge in [-0.15, -0.1) is 0 Å². The highest BCUT2D eigenvalue weighted by Gasteiger charge is 2.31. The van der Waals surface area contributed by atoms with E-state index >= 15 is 0 Å². The molecule has 0 aliphatic heterocycles. The maximum Gasteiger partial charge on any atom is 0.405 e. The Morgan fingerprint density at radius 2 is 2.00 bits per heavy atom. The van der Waals surface area contributed by atoms with E-state index in [4.69, 9.17) is 0 Å². The molecule has 19 heavy (non-hydrogen) atoms. The van der Waals surface area contributed by atoms with E-state index in [0.29, 0.717) is 5.82 Å². The van der Waals surface area contributed by atoms with Gasteiger partial charge in [0.2, 0.25) is 0 Å². The van der Waals surface area contributed by atoms with Gasteiger partial charge >= 0.3 is 6.18 Å². The van der Waals surface area contributed by atoms with Gasteiger partial charge in [0.25, 0.3) is 0 Å². The van der Waals surface area contributed by atoms with E-state index in [1.807, 2.05) is 13.8 Å². The third kappa shape index (κ3) is 4.34. The lowest BCUT2D eigenvalue weighted by atomic mass is 10.2. The molecule has 0 aromatic carbocycles. The van der Waals surface area contributed by atoms with Crippen LogP contribution in [0.2, 0.25) is 0 Å². The summed E-state index contributed by atoms with van der Waals surface area (Å²) in [6.07, 6.45) is -2.96. The molecule has 0 unspecified atom stereocenters. The van der Waals surface area contributed by atoms with Crippen LogP contribution in [0.3, 0.4) is 0 Å². The van der Waals surface area contributed by atoms with Gasteiger partial charge in [0.05, 0.1) is 24.2 Å². The molecular weight excluding hydrogens is 259 g/mol. The molecule has 1 aromatic rings. The second-order valence-corrected chi connectivity index (χ2v) is 4.50. The summed E-state index contributed by atoms with van der Waals surface area (Å²) < 4.78 is 37.4. The van der Waals surface area contributed by atoms with E-state index < -0.39 is 19.3 Å². The van der Waals surface area contributed by atoms with Crippen LogP contribution in [0, 0.1) is 0 Å². The van der Waals surface area contributed by atoms with E-state index in [1.54, 1.807) is 6.92 Å². The highest BCUT2D eigenvalue weighted by Crippen LogP contribution is 2.24. The summed E-state index contributed by atoms with van der Waals surface area (Å²) in [5, 5.41) is 9.27. The first-order valence-electron chi connectivity index (χ1n) is 6.06. The van der Waals surface area contributed by atoms with Crippen molar-refractivity contribution in [2.75, 3.05) is 18.0 Å². The van der Waals surface area contributed by atoms with Gasteiger partial charge in [-0.05, 0) is 6.92 Å². The van der Waals surface area contributed by atoms with Crippen LogP contribution < -0.4 is 4.90 Å². The Hall–Kier alpha value is -1.37. The van der Waals surface area contributed by atoms with Gasteiger partial charge in [-0.1, -0.05) is 13.8 Å². The molecule has 0 atom stereocenters. The smallest absolute Gasteiger partial charge is 0.390 e. The zero-order valence-electron chi connectivity index (χ0n) is 11.2. The summed E-state index contributed by atoms with van der Waals surface area (Å²) in [6, 6.07) is 0. The molecule has 7 heteroatoms. The Morgan fingerprint density at radius 3 is 2.42 bits per heavy atom. The van der Waals surface area contributed by atoms with Crippen LogP contribution in [-0.2, 0) is 6.61 Å². The van der Waals surface area contributed by atoms with Crippen molar-refractivity contribution in [3.8, 4) is 0 Å². The normalized spacial score (nSPS) is 12.0. The fourth-order valence-corrected chi connectivity index (χ4v) is 1.67. The van der Waals surface area contributed by atoms with Crippen molar-refractivity contribution in [1.29, 1.82) is 0 Å². The quantitative estimate of drug-likeness (QED) is 0.898. The second kappa shape index (κ2) is 6.18. The molecule has 0 fully saturated rings. The van der Waals surface area contributed by atoms with Crippen molar-refractivity contribution in [1.82, 2.24) is 9.97 Å².